The zero-order valence-corrected chi connectivity index (χ0v) is 10.1. The van der Waals surface area contributed by atoms with E-state index in [0.717, 1.165) is 0 Å². The number of hydrogen-bond acceptors (Lipinski definition) is 2. The maximum atomic E-state index is 14.1. The minimum Gasteiger partial charge on any atom is -0.378 e. The molecule has 2 rings (SSSR count). The Kier molecular flexibility index (Phi) is 3.75. The van der Waals surface area contributed by atoms with Gasteiger partial charge in [0.25, 0.3) is 0 Å². The molecule has 0 aromatic heterocycles. The van der Waals surface area contributed by atoms with Crippen LogP contribution in [0.5, 0.6) is 0 Å². The van der Waals surface area contributed by atoms with Crippen LogP contribution in [0.25, 0.3) is 5.83 Å². The molecule has 0 amide bonds. The van der Waals surface area contributed by atoms with E-state index >= 15 is 0 Å². The molecule has 1 aliphatic rings. The van der Waals surface area contributed by atoms with Gasteiger partial charge in [-0.25, -0.2) is 4.39 Å². The van der Waals surface area contributed by atoms with Gasteiger partial charge in [0.1, 0.15) is 17.5 Å². The molecular formula is C15H15FO2. The third-order valence-corrected chi connectivity index (χ3v) is 2.88. The van der Waals surface area contributed by atoms with Gasteiger partial charge in [0, 0.05) is 12.7 Å². The van der Waals surface area contributed by atoms with Gasteiger partial charge in [-0.3, -0.25) is 0 Å². The van der Waals surface area contributed by atoms with E-state index in [1.807, 2.05) is 6.07 Å². The fourth-order valence-corrected chi connectivity index (χ4v) is 1.91. The number of aliphatic hydroxyl groups is 1. The van der Waals surface area contributed by atoms with E-state index in [1.165, 1.54) is 19.3 Å². The average molecular weight is 246 g/mol. The molecule has 1 aromatic carbocycles. The Balaban J connectivity index is 2.31. The van der Waals surface area contributed by atoms with Crippen LogP contribution in [0.15, 0.2) is 60.7 Å². The van der Waals surface area contributed by atoms with Crippen molar-refractivity contribution in [1.29, 1.82) is 0 Å². The van der Waals surface area contributed by atoms with Crippen LogP contribution in [0, 0.1) is 0 Å². The smallest absolute Gasteiger partial charge is 0.134 e. The Morgan fingerprint density at radius 1 is 1.33 bits per heavy atom. The Labute approximate surface area is 106 Å². The van der Waals surface area contributed by atoms with Gasteiger partial charge in [-0.2, -0.15) is 0 Å². The van der Waals surface area contributed by atoms with Crippen molar-refractivity contribution in [2.24, 2.45) is 0 Å². The summed E-state index contributed by atoms with van der Waals surface area (Å²) in [4.78, 5) is 0. The van der Waals surface area contributed by atoms with Crippen LogP contribution < -0.4 is 0 Å². The molecule has 0 heterocycles. The molecule has 0 spiro atoms. The second-order valence-electron chi connectivity index (χ2n) is 4.15. The van der Waals surface area contributed by atoms with Crippen molar-refractivity contribution in [3.05, 3.63) is 66.3 Å². The fourth-order valence-electron chi connectivity index (χ4n) is 1.91. The first-order valence-electron chi connectivity index (χ1n) is 5.71. The summed E-state index contributed by atoms with van der Waals surface area (Å²) in [6, 6.07) is 8.61. The molecular weight excluding hydrogens is 231 g/mol. The van der Waals surface area contributed by atoms with Gasteiger partial charge in [0.05, 0.1) is 0 Å². The SMILES string of the molecule is COC1C=CC=CC1(O)/C=C(\F)c1ccccc1. The van der Waals surface area contributed by atoms with Gasteiger partial charge in [0.2, 0.25) is 0 Å². The third-order valence-electron chi connectivity index (χ3n) is 2.88. The predicted molar refractivity (Wildman–Crippen MR) is 69.6 cm³/mol. The van der Waals surface area contributed by atoms with Crippen LogP contribution in [0.1, 0.15) is 5.56 Å². The summed E-state index contributed by atoms with van der Waals surface area (Å²) < 4.78 is 19.2. The first-order valence-corrected chi connectivity index (χ1v) is 5.71. The molecule has 1 N–H and O–H groups in total. The summed E-state index contributed by atoms with van der Waals surface area (Å²) in [6.07, 6.45) is 7.23. The summed E-state index contributed by atoms with van der Waals surface area (Å²) in [5, 5.41) is 10.4. The van der Waals surface area contributed by atoms with E-state index in [1.54, 1.807) is 42.5 Å². The first kappa shape index (κ1) is 12.7. The molecule has 1 aromatic rings. The highest BCUT2D eigenvalue weighted by atomic mass is 19.1. The lowest BCUT2D eigenvalue weighted by Gasteiger charge is -2.29. The standard InChI is InChI=1S/C15H15FO2/c1-18-14-9-5-6-10-15(14,17)11-13(16)12-7-3-2-4-8-12/h2-11,14,17H,1H3/b13-11-. The summed E-state index contributed by atoms with van der Waals surface area (Å²) in [5.74, 6) is -0.472. The topological polar surface area (TPSA) is 29.5 Å². The Bertz CT molecular complexity index is 490. The van der Waals surface area contributed by atoms with E-state index in [9.17, 15) is 9.50 Å². The summed E-state index contributed by atoms with van der Waals surface area (Å²) >= 11 is 0. The average Bonchev–Trinajstić information content (AvgIpc) is 2.40. The van der Waals surface area contributed by atoms with Gasteiger partial charge in [-0.05, 0) is 12.2 Å². The van der Waals surface area contributed by atoms with Crippen LogP contribution in [0.4, 0.5) is 4.39 Å². The quantitative estimate of drug-likeness (QED) is 0.888. The lowest BCUT2D eigenvalue weighted by atomic mass is 9.90. The predicted octanol–water partition coefficient (Wildman–Crippen LogP) is 2.87. The van der Waals surface area contributed by atoms with E-state index in [0.29, 0.717) is 5.56 Å². The van der Waals surface area contributed by atoms with Gasteiger partial charge in [-0.15, -0.1) is 0 Å². The van der Waals surface area contributed by atoms with Crippen molar-refractivity contribution in [3.8, 4) is 0 Å². The molecule has 1 aliphatic carbocycles. The van der Waals surface area contributed by atoms with Crippen LogP contribution in [0.3, 0.4) is 0 Å². The number of methoxy groups -OCH3 is 1. The normalized spacial score (nSPS) is 27.5. The first-order chi connectivity index (χ1) is 8.65. The number of rotatable bonds is 3. The second kappa shape index (κ2) is 5.29. The molecule has 2 atom stereocenters. The molecule has 94 valence electrons. The zero-order chi connectivity index (χ0) is 13.0. The molecule has 0 aliphatic heterocycles. The van der Waals surface area contributed by atoms with E-state index in [4.69, 9.17) is 4.74 Å². The maximum absolute atomic E-state index is 14.1. The Hall–Kier alpha value is -1.71. The maximum Gasteiger partial charge on any atom is 0.134 e. The van der Waals surface area contributed by atoms with Crippen molar-refractivity contribution in [2.75, 3.05) is 7.11 Å². The Morgan fingerprint density at radius 3 is 2.72 bits per heavy atom. The monoisotopic (exact) mass is 246 g/mol. The summed E-state index contributed by atoms with van der Waals surface area (Å²) in [7, 11) is 1.48. The van der Waals surface area contributed by atoms with Crippen LogP contribution in [-0.2, 0) is 4.74 Å². The van der Waals surface area contributed by atoms with Crippen molar-refractivity contribution >= 4 is 5.83 Å². The fraction of sp³-hybridized carbons (Fsp3) is 0.200. The van der Waals surface area contributed by atoms with Gasteiger partial charge in [0.15, 0.2) is 0 Å². The number of hydrogen-bond donors (Lipinski definition) is 1. The molecule has 0 bridgehead atoms. The van der Waals surface area contributed by atoms with Crippen LogP contribution >= 0.6 is 0 Å². The van der Waals surface area contributed by atoms with Gasteiger partial charge >= 0.3 is 0 Å². The van der Waals surface area contributed by atoms with Crippen LogP contribution in [-0.4, -0.2) is 23.9 Å². The molecule has 3 heteroatoms. The number of ether oxygens (including phenoxy) is 1. The number of halogens is 1. The molecule has 0 saturated carbocycles. The lowest BCUT2D eigenvalue weighted by Crippen LogP contribution is -2.39. The third kappa shape index (κ3) is 2.58. The zero-order valence-electron chi connectivity index (χ0n) is 10.1. The largest absolute Gasteiger partial charge is 0.378 e. The minimum atomic E-state index is -1.45. The van der Waals surface area contributed by atoms with Gasteiger partial charge < -0.3 is 9.84 Å². The highest BCUT2D eigenvalue weighted by molar-refractivity contribution is 5.61. The molecule has 2 unspecified atom stereocenters. The minimum absolute atomic E-state index is 0.434. The summed E-state index contributed by atoms with van der Waals surface area (Å²) in [6.45, 7) is 0. The van der Waals surface area contributed by atoms with Crippen molar-refractivity contribution in [3.63, 3.8) is 0 Å². The van der Waals surface area contributed by atoms with Crippen LogP contribution in [0.2, 0.25) is 0 Å². The molecule has 2 nitrogen and oxygen atoms in total. The summed E-state index contributed by atoms with van der Waals surface area (Å²) in [5.41, 5.74) is -1.02. The van der Waals surface area contributed by atoms with E-state index in [2.05, 4.69) is 0 Å². The van der Waals surface area contributed by atoms with Gasteiger partial charge in [-0.1, -0.05) is 48.6 Å². The van der Waals surface area contributed by atoms with Crippen molar-refractivity contribution in [2.45, 2.75) is 11.7 Å². The molecule has 0 saturated heterocycles. The van der Waals surface area contributed by atoms with Crippen molar-refractivity contribution in [1.82, 2.24) is 0 Å². The second-order valence-corrected chi connectivity index (χ2v) is 4.15. The number of allylic oxidation sites excluding steroid dienone is 2. The number of benzene rings is 1. The lowest BCUT2D eigenvalue weighted by molar-refractivity contribution is -0.00653. The molecule has 0 radical (unpaired) electrons. The molecule has 0 fully saturated rings. The molecule has 18 heavy (non-hydrogen) atoms. The van der Waals surface area contributed by atoms with Crippen molar-refractivity contribution < 1.29 is 14.2 Å². The van der Waals surface area contributed by atoms with E-state index in [-0.39, 0.29) is 0 Å². The van der Waals surface area contributed by atoms with E-state index < -0.39 is 17.5 Å². The Morgan fingerprint density at radius 2 is 2.06 bits per heavy atom. The highest BCUT2D eigenvalue weighted by Gasteiger charge is 2.33. The highest BCUT2D eigenvalue weighted by Crippen LogP contribution is 2.27.